The predicted molar refractivity (Wildman–Crippen MR) is 78.7 cm³/mol. The molecule has 3 heteroatoms. The first-order chi connectivity index (χ1) is 9.36. The zero-order valence-corrected chi connectivity index (χ0v) is 11.1. The average Bonchev–Trinajstić information content (AvgIpc) is 2.89. The second kappa shape index (κ2) is 5.41. The van der Waals surface area contributed by atoms with E-state index in [-0.39, 0.29) is 6.61 Å². The second-order valence-electron chi connectivity index (χ2n) is 4.21. The Morgan fingerprint density at radius 1 is 1.00 bits per heavy atom. The van der Waals surface area contributed by atoms with E-state index < -0.39 is 6.67 Å². The van der Waals surface area contributed by atoms with Crippen molar-refractivity contribution in [2.24, 2.45) is 0 Å². The van der Waals surface area contributed by atoms with E-state index in [1.165, 1.54) is 15.0 Å². The quantitative estimate of drug-likeness (QED) is 0.655. The van der Waals surface area contributed by atoms with Gasteiger partial charge in [0.1, 0.15) is 19.0 Å². The van der Waals surface area contributed by atoms with Crippen LogP contribution in [0.2, 0.25) is 0 Å². The highest BCUT2D eigenvalue weighted by molar-refractivity contribution is 7.22. The molecular formula is C16H13FOS. The van der Waals surface area contributed by atoms with Crippen LogP contribution < -0.4 is 4.74 Å². The van der Waals surface area contributed by atoms with E-state index in [0.717, 1.165) is 5.56 Å². The summed E-state index contributed by atoms with van der Waals surface area (Å²) in [6.45, 7) is -0.347. The summed E-state index contributed by atoms with van der Waals surface area (Å²) in [4.78, 5) is 1.23. The molecule has 0 bridgehead atoms. The first-order valence-corrected chi connectivity index (χ1v) is 6.96. The van der Waals surface area contributed by atoms with E-state index in [0.29, 0.717) is 5.75 Å². The number of thiophene rings is 1. The molecule has 0 unspecified atom stereocenters. The SMILES string of the molecule is FCCOc1ccc(-c2cc3ccccc3s2)cc1. The number of fused-ring (bicyclic) bond motifs is 1. The van der Waals surface area contributed by atoms with Gasteiger partial charge in [-0.15, -0.1) is 11.3 Å². The first-order valence-electron chi connectivity index (χ1n) is 6.14. The van der Waals surface area contributed by atoms with Crippen LogP contribution in [0.4, 0.5) is 4.39 Å². The fourth-order valence-corrected chi connectivity index (χ4v) is 3.06. The van der Waals surface area contributed by atoms with Gasteiger partial charge in [-0.2, -0.15) is 0 Å². The van der Waals surface area contributed by atoms with Crippen LogP contribution in [0.1, 0.15) is 0 Å². The number of ether oxygens (including phenoxy) is 1. The minimum atomic E-state index is -0.460. The summed E-state index contributed by atoms with van der Waals surface area (Å²) in [5.41, 5.74) is 1.16. The molecule has 0 aliphatic rings. The van der Waals surface area contributed by atoms with Gasteiger partial charge in [0.25, 0.3) is 0 Å². The Balaban J connectivity index is 1.88. The van der Waals surface area contributed by atoms with Gasteiger partial charge in [-0.1, -0.05) is 18.2 Å². The Bertz CT molecular complexity index is 640. The molecule has 3 rings (SSSR count). The minimum absolute atomic E-state index is 0.113. The Labute approximate surface area is 115 Å². The summed E-state index contributed by atoms with van der Waals surface area (Å²) in [7, 11) is 0. The van der Waals surface area contributed by atoms with Gasteiger partial charge in [-0.05, 0) is 47.3 Å². The van der Waals surface area contributed by atoms with Crippen molar-refractivity contribution < 1.29 is 9.13 Å². The molecule has 0 N–H and O–H groups in total. The summed E-state index contributed by atoms with van der Waals surface area (Å²) in [5.74, 6) is 0.711. The molecule has 3 aromatic rings. The van der Waals surface area contributed by atoms with Crippen LogP contribution in [0, 0.1) is 0 Å². The van der Waals surface area contributed by atoms with Gasteiger partial charge in [0.05, 0.1) is 0 Å². The standard InChI is InChI=1S/C16H13FOS/c17-9-10-18-14-7-5-12(6-8-14)16-11-13-3-1-2-4-15(13)19-16/h1-8,11H,9-10H2. The van der Waals surface area contributed by atoms with Crippen LogP contribution >= 0.6 is 11.3 Å². The fraction of sp³-hybridized carbons (Fsp3) is 0.125. The highest BCUT2D eigenvalue weighted by atomic mass is 32.1. The molecule has 0 fully saturated rings. The summed E-state index contributed by atoms with van der Waals surface area (Å²) in [6.07, 6.45) is 0. The monoisotopic (exact) mass is 272 g/mol. The molecule has 2 aromatic carbocycles. The van der Waals surface area contributed by atoms with E-state index in [1.54, 1.807) is 11.3 Å². The summed E-state index contributed by atoms with van der Waals surface area (Å²) in [6, 6.07) is 18.3. The van der Waals surface area contributed by atoms with Gasteiger partial charge in [0, 0.05) is 9.58 Å². The van der Waals surface area contributed by atoms with Crippen molar-refractivity contribution in [1.82, 2.24) is 0 Å². The van der Waals surface area contributed by atoms with Crippen LogP contribution in [-0.4, -0.2) is 13.3 Å². The topological polar surface area (TPSA) is 9.23 Å². The Hall–Kier alpha value is -1.87. The number of hydrogen-bond donors (Lipinski definition) is 0. The normalized spacial score (nSPS) is 10.8. The summed E-state index contributed by atoms with van der Waals surface area (Å²) >= 11 is 1.77. The molecule has 0 radical (unpaired) electrons. The lowest BCUT2D eigenvalue weighted by Crippen LogP contribution is -1.97. The van der Waals surface area contributed by atoms with Crippen LogP contribution in [0.3, 0.4) is 0 Å². The Morgan fingerprint density at radius 2 is 1.79 bits per heavy atom. The van der Waals surface area contributed by atoms with Crippen LogP contribution in [-0.2, 0) is 0 Å². The second-order valence-corrected chi connectivity index (χ2v) is 5.29. The molecule has 96 valence electrons. The Kier molecular flexibility index (Phi) is 3.47. The maximum atomic E-state index is 12.0. The number of rotatable bonds is 4. The van der Waals surface area contributed by atoms with Crippen molar-refractivity contribution in [3.8, 4) is 16.2 Å². The molecule has 0 aliphatic carbocycles. The third kappa shape index (κ3) is 2.61. The van der Waals surface area contributed by atoms with Crippen LogP contribution in [0.25, 0.3) is 20.5 Å². The number of alkyl halides is 1. The fourth-order valence-electron chi connectivity index (χ4n) is 2.00. The minimum Gasteiger partial charge on any atom is -0.491 e. The molecule has 1 heterocycles. The first kappa shape index (κ1) is 12.2. The molecule has 0 amide bonds. The van der Waals surface area contributed by atoms with Crippen molar-refractivity contribution in [3.63, 3.8) is 0 Å². The van der Waals surface area contributed by atoms with Crippen molar-refractivity contribution in [1.29, 1.82) is 0 Å². The Morgan fingerprint density at radius 3 is 2.53 bits per heavy atom. The third-order valence-electron chi connectivity index (χ3n) is 2.91. The largest absolute Gasteiger partial charge is 0.491 e. The van der Waals surface area contributed by atoms with Gasteiger partial charge >= 0.3 is 0 Å². The van der Waals surface area contributed by atoms with Crippen molar-refractivity contribution >= 4 is 21.4 Å². The van der Waals surface area contributed by atoms with Crippen LogP contribution in [0.15, 0.2) is 54.6 Å². The molecule has 19 heavy (non-hydrogen) atoms. The highest BCUT2D eigenvalue weighted by Crippen LogP contribution is 2.33. The maximum absolute atomic E-state index is 12.0. The van der Waals surface area contributed by atoms with Gasteiger partial charge < -0.3 is 4.74 Å². The van der Waals surface area contributed by atoms with Gasteiger partial charge in [0.2, 0.25) is 0 Å². The molecule has 0 atom stereocenters. The zero-order chi connectivity index (χ0) is 13.1. The van der Waals surface area contributed by atoms with E-state index in [2.05, 4.69) is 24.3 Å². The zero-order valence-electron chi connectivity index (χ0n) is 10.3. The van der Waals surface area contributed by atoms with Gasteiger partial charge in [-0.25, -0.2) is 4.39 Å². The maximum Gasteiger partial charge on any atom is 0.123 e. The van der Waals surface area contributed by atoms with Crippen LogP contribution in [0.5, 0.6) is 5.75 Å². The number of benzene rings is 2. The summed E-state index contributed by atoms with van der Waals surface area (Å²) < 4.78 is 18.5. The molecule has 0 aliphatic heterocycles. The molecule has 1 aromatic heterocycles. The predicted octanol–water partition coefficient (Wildman–Crippen LogP) is 4.92. The molecule has 0 spiro atoms. The van der Waals surface area contributed by atoms with E-state index in [9.17, 15) is 4.39 Å². The summed E-state index contributed by atoms with van der Waals surface area (Å²) in [5, 5.41) is 1.26. The highest BCUT2D eigenvalue weighted by Gasteiger charge is 2.04. The molecular weight excluding hydrogens is 259 g/mol. The third-order valence-corrected chi connectivity index (χ3v) is 4.08. The van der Waals surface area contributed by atoms with Crippen molar-refractivity contribution in [2.45, 2.75) is 0 Å². The number of hydrogen-bond acceptors (Lipinski definition) is 2. The van der Waals surface area contributed by atoms with Crippen molar-refractivity contribution in [2.75, 3.05) is 13.3 Å². The van der Waals surface area contributed by atoms with Crippen molar-refractivity contribution in [3.05, 3.63) is 54.6 Å². The lowest BCUT2D eigenvalue weighted by atomic mass is 10.1. The molecule has 1 nitrogen and oxygen atoms in total. The average molecular weight is 272 g/mol. The van der Waals surface area contributed by atoms with E-state index >= 15 is 0 Å². The lowest BCUT2D eigenvalue weighted by molar-refractivity contribution is 0.273. The molecule has 0 saturated carbocycles. The van der Waals surface area contributed by atoms with Gasteiger partial charge in [-0.3, -0.25) is 0 Å². The van der Waals surface area contributed by atoms with E-state index in [4.69, 9.17) is 4.74 Å². The smallest absolute Gasteiger partial charge is 0.123 e. The number of halogens is 1. The lowest BCUT2D eigenvalue weighted by Gasteiger charge is -2.04. The van der Waals surface area contributed by atoms with Gasteiger partial charge in [0.15, 0.2) is 0 Å². The molecule has 0 saturated heterocycles. The van der Waals surface area contributed by atoms with E-state index in [1.807, 2.05) is 30.3 Å².